The van der Waals surface area contributed by atoms with Crippen molar-refractivity contribution >= 4 is 44.4 Å². The summed E-state index contributed by atoms with van der Waals surface area (Å²) < 4.78 is 10.4. The van der Waals surface area contributed by atoms with Gasteiger partial charge in [-0.15, -0.1) is 0 Å². The molecule has 5 N–H and O–H groups in total. The first-order chi connectivity index (χ1) is 9.18. The lowest BCUT2D eigenvalue weighted by molar-refractivity contribution is 0.275. The fraction of sp³-hybridized carbons (Fsp3) is 0.200. The van der Waals surface area contributed by atoms with E-state index in [0.29, 0.717) is 12.3 Å². The van der Waals surface area contributed by atoms with Gasteiger partial charge in [0, 0.05) is 23.6 Å². The van der Waals surface area contributed by atoms with Gasteiger partial charge in [-0.1, -0.05) is 31.7 Å². The molecule has 0 saturated carbocycles. The maximum atomic E-state index is 9.73. The van der Waals surface area contributed by atoms with Crippen molar-refractivity contribution in [2.75, 3.05) is 6.54 Å². The van der Waals surface area contributed by atoms with Crippen LogP contribution in [0.4, 0.5) is 0 Å². The molecular formula is C10H15N2O5PS2. The van der Waals surface area contributed by atoms with Gasteiger partial charge in [0.2, 0.25) is 0 Å². The highest BCUT2D eigenvalue weighted by atomic mass is 32.2. The van der Waals surface area contributed by atoms with Crippen LogP contribution in [0.1, 0.15) is 5.56 Å². The molecule has 0 aliphatic heterocycles. The Labute approximate surface area is 126 Å². The number of phenolic OH excluding ortho intramolecular Hbond substituents is 1. The number of aromatic hydroxyl groups is 1. The number of H-pyrrole nitrogens is 1. The first kappa shape index (κ1) is 17.4. The van der Waals surface area contributed by atoms with Crippen molar-refractivity contribution in [3.8, 4) is 5.75 Å². The van der Waals surface area contributed by atoms with Gasteiger partial charge in [-0.25, -0.2) is 4.57 Å². The molecule has 0 radical (unpaired) electrons. The van der Waals surface area contributed by atoms with Crippen molar-refractivity contribution in [3.63, 3.8) is 0 Å². The minimum absolute atomic E-state index is 0.314. The third-order valence-corrected chi connectivity index (χ3v) is 2.75. The summed E-state index contributed by atoms with van der Waals surface area (Å²) in [5.41, 5.74) is 2.03. The van der Waals surface area contributed by atoms with Crippen LogP contribution >= 0.6 is 33.5 Å². The Bertz CT molecular complexity index is 604. The van der Waals surface area contributed by atoms with E-state index in [1.54, 1.807) is 6.07 Å². The molecule has 112 valence electrons. The topological polar surface area (TPSA) is 117 Å². The normalized spacial score (nSPS) is 11.5. The number of hydrogen-bond donors (Lipinski definition) is 7. The van der Waals surface area contributed by atoms with Gasteiger partial charge in [-0.05, 0) is 24.1 Å². The minimum atomic E-state index is -4.64. The first-order valence-corrected chi connectivity index (χ1v) is 7.76. The van der Waals surface area contributed by atoms with E-state index in [1.165, 1.54) is 3.71 Å². The second-order valence-electron chi connectivity index (χ2n) is 3.87. The molecule has 1 aromatic heterocycles. The number of aromatic amines is 1. The Hall–Kier alpha value is -0.670. The average molecular weight is 338 g/mol. The lowest BCUT2D eigenvalue weighted by atomic mass is 10.1. The highest BCUT2D eigenvalue weighted by Crippen LogP contribution is 2.28. The number of phosphoric acid groups is 1. The highest BCUT2D eigenvalue weighted by molar-refractivity contribution is 7.93. The van der Waals surface area contributed by atoms with Crippen LogP contribution in [-0.4, -0.2) is 35.0 Å². The van der Waals surface area contributed by atoms with Crippen LogP contribution in [0.2, 0.25) is 0 Å². The molecule has 0 spiro atoms. The molecule has 0 fully saturated rings. The molecular weight excluding hydrogens is 323 g/mol. The van der Waals surface area contributed by atoms with Gasteiger partial charge >= 0.3 is 7.82 Å². The number of rotatable bonds is 3. The molecule has 0 unspecified atom stereocenters. The Kier molecular flexibility index (Phi) is 6.41. The summed E-state index contributed by atoms with van der Waals surface area (Å²) in [4.78, 5) is 24.7. The van der Waals surface area contributed by atoms with E-state index in [9.17, 15) is 5.11 Å². The van der Waals surface area contributed by atoms with E-state index in [2.05, 4.69) is 30.6 Å². The Morgan fingerprint density at radius 2 is 1.85 bits per heavy atom. The van der Waals surface area contributed by atoms with Gasteiger partial charge in [-0.2, -0.15) is 3.71 Å². The van der Waals surface area contributed by atoms with Gasteiger partial charge in [0.05, 0.1) is 0 Å². The number of phenols is 1. The minimum Gasteiger partial charge on any atom is -0.507 e. The summed E-state index contributed by atoms with van der Waals surface area (Å²) in [7, 11) is -4.64. The van der Waals surface area contributed by atoms with Crippen LogP contribution in [-0.2, 0) is 11.0 Å². The van der Waals surface area contributed by atoms with Gasteiger partial charge in [0.1, 0.15) is 5.75 Å². The number of hydrogen-bond acceptors (Lipinski definition) is 5. The molecule has 0 bridgehead atoms. The van der Waals surface area contributed by atoms with Gasteiger partial charge < -0.3 is 24.8 Å². The van der Waals surface area contributed by atoms with E-state index in [4.69, 9.17) is 19.2 Å². The van der Waals surface area contributed by atoms with Crippen LogP contribution in [0, 0.1) is 0 Å². The molecule has 1 heterocycles. The third kappa shape index (κ3) is 6.19. The second kappa shape index (κ2) is 7.37. The first-order valence-electron chi connectivity index (χ1n) is 5.40. The molecule has 0 saturated heterocycles. The lowest BCUT2D eigenvalue weighted by Gasteiger charge is -2.05. The van der Waals surface area contributed by atoms with Crippen LogP contribution in [0.25, 0.3) is 10.9 Å². The number of benzene rings is 1. The number of thiol groups is 2. The fourth-order valence-corrected chi connectivity index (χ4v) is 1.85. The second-order valence-corrected chi connectivity index (χ2v) is 6.18. The van der Waals surface area contributed by atoms with Crippen LogP contribution < -0.4 is 0 Å². The SMILES string of the molecule is O=P(O)(O)O.Oc1cccc2[nH]cc(CCN(S)S)c12. The predicted molar refractivity (Wildman–Crippen MR) is 82.6 cm³/mol. The number of nitrogens with one attached hydrogen (secondary N) is 1. The summed E-state index contributed by atoms with van der Waals surface area (Å²) in [6, 6.07) is 5.46. The van der Waals surface area contributed by atoms with Crippen LogP contribution in [0.5, 0.6) is 5.75 Å². The number of fused-ring (bicyclic) bond motifs is 1. The summed E-state index contributed by atoms with van der Waals surface area (Å²) in [5, 5.41) is 10.6. The smallest absolute Gasteiger partial charge is 0.466 e. The molecule has 0 aliphatic rings. The molecule has 7 nitrogen and oxygen atoms in total. The molecule has 20 heavy (non-hydrogen) atoms. The zero-order valence-corrected chi connectivity index (χ0v) is 12.9. The van der Waals surface area contributed by atoms with Gasteiger partial charge in [-0.3, -0.25) is 0 Å². The van der Waals surface area contributed by atoms with Crippen molar-refractivity contribution in [2.45, 2.75) is 6.42 Å². The van der Waals surface area contributed by atoms with Crippen molar-refractivity contribution in [1.29, 1.82) is 0 Å². The monoisotopic (exact) mass is 338 g/mol. The zero-order chi connectivity index (χ0) is 15.3. The number of aromatic nitrogens is 1. The van der Waals surface area contributed by atoms with E-state index < -0.39 is 7.82 Å². The Balaban J connectivity index is 0.000000347. The quantitative estimate of drug-likeness (QED) is 0.337. The molecule has 0 atom stereocenters. The Morgan fingerprint density at radius 1 is 1.25 bits per heavy atom. The fourth-order valence-electron chi connectivity index (χ4n) is 1.65. The maximum Gasteiger partial charge on any atom is 0.466 e. The molecule has 0 aliphatic carbocycles. The van der Waals surface area contributed by atoms with Gasteiger partial charge in [0.25, 0.3) is 0 Å². The van der Waals surface area contributed by atoms with E-state index in [1.807, 2.05) is 18.3 Å². The van der Waals surface area contributed by atoms with E-state index >= 15 is 0 Å². The summed E-state index contributed by atoms with van der Waals surface area (Å²) in [6.07, 6.45) is 2.71. The zero-order valence-electron chi connectivity index (χ0n) is 10.2. The van der Waals surface area contributed by atoms with E-state index in [0.717, 1.165) is 22.9 Å². The van der Waals surface area contributed by atoms with Gasteiger partial charge in [0.15, 0.2) is 0 Å². The summed E-state index contributed by atoms with van der Waals surface area (Å²) in [6.45, 7) is 0.716. The van der Waals surface area contributed by atoms with Crippen LogP contribution in [0.3, 0.4) is 0 Å². The molecule has 2 rings (SSSR count). The standard InChI is InChI=1S/C10H12N2OS2.H3O4P/c13-9-3-1-2-8-10(9)7(6-11-8)4-5-12(14)15;1-5(2,3)4/h1-3,6,11,13-15H,4-5H2;(H3,1,2,3,4). The molecule has 0 amide bonds. The third-order valence-electron chi connectivity index (χ3n) is 2.35. The predicted octanol–water partition coefficient (Wildman–Crippen LogP) is 1.48. The largest absolute Gasteiger partial charge is 0.507 e. The molecule has 1 aromatic carbocycles. The average Bonchev–Trinajstić information content (AvgIpc) is 2.68. The van der Waals surface area contributed by atoms with Crippen molar-refractivity contribution in [3.05, 3.63) is 30.0 Å². The molecule has 10 heteroatoms. The summed E-state index contributed by atoms with van der Waals surface area (Å²) in [5.74, 6) is 0.314. The lowest BCUT2D eigenvalue weighted by Crippen LogP contribution is -2.03. The van der Waals surface area contributed by atoms with Crippen molar-refractivity contribution < 1.29 is 24.4 Å². The maximum absolute atomic E-state index is 9.73. The highest BCUT2D eigenvalue weighted by Gasteiger charge is 2.07. The number of nitrogens with zero attached hydrogens (tertiary/aromatic N) is 1. The summed E-state index contributed by atoms with van der Waals surface area (Å²) >= 11 is 8.11. The van der Waals surface area contributed by atoms with Crippen molar-refractivity contribution in [2.24, 2.45) is 0 Å². The Morgan fingerprint density at radius 3 is 2.40 bits per heavy atom. The molecule has 2 aromatic rings. The van der Waals surface area contributed by atoms with Crippen molar-refractivity contribution in [1.82, 2.24) is 8.69 Å². The van der Waals surface area contributed by atoms with E-state index in [-0.39, 0.29) is 0 Å². The van der Waals surface area contributed by atoms with Crippen LogP contribution in [0.15, 0.2) is 24.4 Å².